The highest BCUT2D eigenvalue weighted by Gasteiger charge is 2.24. The van der Waals surface area contributed by atoms with E-state index in [0.717, 1.165) is 43.9 Å². The molecule has 0 radical (unpaired) electrons. The number of nitrogens with one attached hydrogen (secondary N) is 2. The first kappa shape index (κ1) is 21.1. The third-order valence-electron chi connectivity index (χ3n) is 6.11. The fourth-order valence-corrected chi connectivity index (χ4v) is 4.20. The van der Waals surface area contributed by atoms with Gasteiger partial charge in [-0.05, 0) is 43.9 Å². The van der Waals surface area contributed by atoms with Crippen LogP contribution in [0.15, 0.2) is 59.8 Å². The molecule has 31 heavy (non-hydrogen) atoms. The van der Waals surface area contributed by atoms with Crippen LogP contribution in [-0.4, -0.2) is 44.5 Å². The first-order chi connectivity index (χ1) is 15.0. The zero-order valence-corrected chi connectivity index (χ0v) is 18.0. The lowest BCUT2D eigenvalue weighted by molar-refractivity contribution is 0.0905. The number of imidazole rings is 1. The third kappa shape index (κ3) is 4.77. The van der Waals surface area contributed by atoms with E-state index in [1.54, 1.807) is 17.0 Å². The molecule has 162 valence electrons. The second-order valence-corrected chi connectivity index (χ2v) is 8.23. The van der Waals surface area contributed by atoms with E-state index < -0.39 is 0 Å². The Morgan fingerprint density at radius 1 is 1.23 bits per heavy atom. The van der Waals surface area contributed by atoms with Gasteiger partial charge in [0.2, 0.25) is 0 Å². The fraction of sp³-hybridized carbons (Fsp3) is 0.375. The minimum Gasteiger partial charge on any atom is -0.349 e. The number of rotatable bonds is 6. The molecule has 7 heteroatoms. The summed E-state index contributed by atoms with van der Waals surface area (Å²) in [5.74, 6) is 0.678. The number of carbonyl (C=O) groups is 1. The average molecular weight is 420 g/mol. The van der Waals surface area contributed by atoms with E-state index in [4.69, 9.17) is 0 Å². The summed E-state index contributed by atoms with van der Waals surface area (Å²) in [6, 6.07) is 11.6. The van der Waals surface area contributed by atoms with E-state index in [9.17, 15) is 9.59 Å². The Labute approximate surface area is 182 Å². The zero-order chi connectivity index (χ0) is 21.8. The van der Waals surface area contributed by atoms with Crippen LogP contribution >= 0.6 is 0 Å². The Balaban J connectivity index is 1.43. The smallest absolute Gasteiger partial charge is 0.264 e. The van der Waals surface area contributed by atoms with E-state index >= 15 is 0 Å². The topological polar surface area (TPSA) is 83.0 Å². The number of H-pyrrole nitrogens is 1. The van der Waals surface area contributed by atoms with Crippen molar-refractivity contribution in [3.8, 4) is 0 Å². The number of piperidine rings is 1. The molecular weight excluding hydrogens is 390 g/mol. The molecule has 1 amide bonds. The number of aryl methyl sites for hydroxylation is 1. The predicted octanol–water partition coefficient (Wildman–Crippen LogP) is 2.88. The summed E-state index contributed by atoms with van der Waals surface area (Å²) in [7, 11) is 0. The fourth-order valence-electron chi connectivity index (χ4n) is 4.20. The standard InChI is InChI=1S/C24H29N5O2/c1-17-8-15-29(18(2)19-6-4-3-5-7-19)24(31)22(17)23(30)27-20-9-13-28(14-10-20)16-21-25-11-12-26-21/h3-8,11-12,15,18,20H,9-10,13-14,16H2,1-2H3,(H,25,26)(H,27,30). The van der Waals surface area contributed by atoms with Gasteiger partial charge in [0.15, 0.2) is 0 Å². The van der Waals surface area contributed by atoms with E-state index in [2.05, 4.69) is 20.2 Å². The monoisotopic (exact) mass is 419 g/mol. The van der Waals surface area contributed by atoms with Crippen LogP contribution < -0.4 is 10.9 Å². The molecule has 2 aromatic heterocycles. The molecule has 1 aliphatic rings. The summed E-state index contributed by atoms with van der Waals surface area (Å²) in [6.45, 7) is 6.35. The van der Waals surface area contributed by atoms with Gasteiger partial charge in [-0.1, -0.05) is 30.3 Å². The van der Waals surface area contributed by atoms with Gasteiger partial charge in [0, 0.05) is 37.7 Å². The van der Waals surface area contributed by atoms with Crippen LogP contribution in [0.2, 0.25) is 0 Å². The summed E-state index contributed by atoms with van der Waals surface area (Å²) >= 11 is 0. The summed E-state index contributed by atoms with van der Waals surface area (Å²) in [6.07, 6.45) is 7.07. The number of hydrogen-bond acceptors (Lipinski definition) is 4. The minimum atomic E-state index is -0.276. The predicted molar refractivity (Wildman–Crippen MR) is 120 cm³/mol. The number of benzene rings is 1. The van der Waals surface area contributed by atoms with Gasteiger partial charge in [-0.3, -0.25) is 14.5 Å². The first-order valence-electron chi connectivity index (χ1n) is 10.8. The van der Waals surface area contributed by atoms with Gasteiger partial charge in [0.1, 0.15) is 11.4 Å². The average Bonchev–Trinajstić information content (AvgIpc) is 3.28. The van der Waals surface area contributed by atoms with Gasteiger partial charge in [-0.25, -0.2) is 4.98 Å². The van der Waals surface area contributed by atoms with Crippen LogP contribution in [-0.2, 0) is 6.54 Å². The molecule has 3 heterocycles. The van der Waals surface area contributed by atoms with Crippen LogP contribution in [0.5, 0.6) is 0 Å². The Morgan fingerprint density at radius 2 is 1.97 bits per heavy atom. The van der Waals surface area contributed by atoms with Gasteiger partial charge in [-0.2, -0.15) is 0 Å². The number of aromatic nitrogens is 3. The van der Waals surface area contributed by atoms with Crippen LogP contribution in [0.4, 0.5) is 0 Å². The largest absolute Gasteiger partial charge is 0.349 e. The van der Waals surface area contributed by atoms with Gasteiger partial charge >= 0.3 is 0 Å². The van der Waals surface area contributed by atoms with Gasteiger partial charge in [-0.15, -0.1) is 0 Å². The van der Waals surface area contributed by atoms with E-state index in [1.165, 1.54) is 0 Å². The van der Waals surface area contributed by atoms with Crippen LogP contribution in [0, 0.1) is 6.92 Å². The van der Waals surface area contributed by atoms with Crippen molar-refractivity contribution in [1.82, 2.24) is 24.8 Å². The molecule has 0 spiro atoms. The molecule has 0 saturated carbocycles. The first-order valence-corrected chi connectivity index (χ1v) is 10.8. The van der Waals surface area contributed by atoms with E-state index in [-0.39, 0.29) is 29.1 Å². The second-order valence-electron chi connectivity index (χ2n) is 8.23. The molecule has 1 saturated heterocycles. The second kappa shape index (κ2) is 9.31. The highest BCUT2D eigenvalue weighted by molar-refractivity contribution is 5.95. The van der Waals surface area contributed by atoms with Crippen molar-refractivity contribution in [2.45, 2.75) is 45.3 Å². The molecule has 2 N–H and O–H groups in total. The van der Waals surface area contributed by atoms with E-state index in [1.807, 2.05) is 56.4 Å². The highest BCUT2D eigenvalue weighted by Crippen LogP contribution is 2.17. The maximum absolute atomic E-state index is 13.2. The van der Waals surface area contributed by atoms with Crippen LogP contribution in [0.1, 0.15) is 53.1 Å². The summed E-state index contributed by atoms with van der Waals surface area (Å²) in [5, 5.41) is 3.10. The molecule has 7 nitrogen and oxygen atoms in total. The Kier molecular flexibility index (Phi) is 6.32. The van der Waals surface area contributed by atoms with Gasteiger partial charge in [0.25, 0.3) is 11.5 Å². The Bertz CT molecular complexity index is 1070. The zero-order valence-electron chi connectivity index (χ0n) is 18.0. The van der Waals surface area contributed by atoms with Crippen molar-refractivity contribution in [2.24, 2.45) is 0 Å². The number of aromatic amines is 1. The van der Waals surface area contributed by atoms with Crippen molar-refractivity contribution in [1.29, 1.82) is 0 Å². The minimum absolute atomic E-state index is 0.0688. The number of carbonyl (C=O) groups excluding carboxylic acids is 1. The molecule has 1 aliphatic heterocycles. The Hall–Kier alpha value is -3.19. The molecule has 3 aromatic rings. The maximum Gasteiger partial charge on any atom is 0.264 e. The Morgan fingerprint density at radius 3 is 2.65 bits per heavy atom. The number of nitrogens with zero attached hydrogens (tertiary/aromatic N) is 3. The van der Waals surface area contributed by atoms with Crippen molar-refractivity contribution < 1.29 is 4.79 Å². The van der Waals surface area contributed by atoms with Gasteiger partial charge < -0.3 is 14.9 Å². The lowest BCUT2D eigenvalue weighted by Gasteiger charge is -2.31. The third-order valence-corrected chi connectivity index (χ3v) is 6.11. The molecule has 4 rings (SSSR count). The van der Waals surface area contributed by atoms with Crippen molar-refractivity contribution >= 4 is 5.91 Å². The number of amides is 1. The lowest BCUT2D eigenvalue weighted by atomic mass is 10.0. The van der Waals surface area contributed by atoms with E-state index in [0.29, 0.717) is 5.56 Å². The van der Waals surface area contributed by atoms with Gasteiger partial charge in [0.05, 0.1) is 12.6 Å². The molecule has 1 atom stereocenters. The normalized spacial score (nSPS) is 16.2. The lowest BCUT2D eigenvalue weighted by Crippen LogP contribution is -2.46. The molecule has 1 aromatic carbocycles. The molecular formula is C24H29N5O2. The maximum atomic E-state index is 13.2. The highest BCUT2D eigenvalue weighted by atomic mass is 16.2. The molecule has 0 bridgehead atoms. The summed E-state index contributed by atoms with van der Waals surface area (Å²) in [5.41, 5.74) is 1.73. The number of likely N-dealkylation sites (tertiary alicyclic amines) is 1. The molecule has 1 fully saturated rings. The van der Waals surface area contributed by atoms with Crippen molar-refractivity contribution in [3.63, 3.8) is 0 Å². The summed E-state index contributed by atoms with van der Waals surface area (Å²) < 4.78 is 1.64. The van der Waals surface area contributed by atoms with Crippen molar-refractivity contribution in [3.05, 3.63) is 87.9 Å². The van der Waals surface area contributed by atoms with Crippen LogP contribution in [0.25, 0.3) is 0 Å². The molecule has 1 unspecified atom stereocenters. The van der Waals surface area contributed by atoms with Crippen molar-refractivity contribution in [2.75, 3.05) is 13.1 Å². The summed E-state index contributed by atoms with van der Waals surface area (Å²) in [4.78, 5) is 36.0. The molecule has 0 aliphatic carbocycles. The SMILES string of the molecule is Cc1ccn(C(C)c2ccccc2)c(=O)c1C(=O)NC1CCN(Cc2ncc[nH]2)CC1. The quantitative estimate of drug-likeness (QED) is 0.644. The number of pyridine rings is 1. The van der Waals surface area contributed by atoms with Crippen LogP contribution in [0.3, 0.4) is 0 Å². The number of hydrogen-bond donors (Lipinski definition) is 2.